The van der Waals surface area contributed by atoms with E-state index in [1.54, 1.807) is 49.7 Å². The molecule has 0 aliphatic heterocycles. The van der Waals surface area contributed by atoms with Crippen LogP contribution in [-0.4, -0.2) is 15.7 Å². The van der Waals surface area contributed by atoms with Crippen LogP contribution in [0.25, 0.3) is 16.8 Å². The maximum Gasteiger partial charge on any atom is 0.228 e. The molecule has 5 nitrogen and oxygen atoms in total. The maximum absolute atomic E-state index is 13.0. The van der Waals surface area contributed by atoms with E-state index in [1.807, 2.05) is 24.3 Å². The highest BCUT2D eigenvalue weighted by Gasteiger charge is 2.22. The number of amides is 1. The molecule has 0 fully saturated rings. The first kappa shape index (κ1) is 20.3. The van der Waals surface area contributed by atoms with Crippen LogP contribution in [0, 0.1) is 12.8 Å². The van der Waals surface area contributed by atoms with Crippen molar-refractivity contribution >= 4 is 39.3 Å². The molecule has 144 valence electrons. The predicted molar refractivity (Wildman–Crippen MR) is 116 cm³/mol. The number of benzene rings is 2. The van der Waals surface area contributed by atoms with E-state index in [1.165, 1.54) is 0 Å². The number of hydrogen-bond acceptors (Lipinski definition) is 3. The Morgan fingerprint density at radius 3 is 2.39 bits per heavy atom. The molecule has 0 radical (unpaired) electrons. The number of hydrogen-bond donors (Lipinski definition) is 1. The number of nitrogens with zero attached hydrogens (tertiary/aromatic N) is 2. The summed E-state index contributed by atoms with van der Waals surface area (Å²) in [5.74, 6) is -0.192. The molecule has 1 amide bonds. The van der Waals surface area contributed by atoms with Crippen molar-refractivity contribution in [2.75, 3.05) is 5.32 Å². The first-order chi connectivity index (χ1) is 13.3. The molecule has 0 saturated heterocycles. The fraction of sp³-hybridized carbons (Fsp3) is 0.190. The van der Waals surface area contributed by atoms with Crippen molar-refractivity contribution in [1.29, 1.82) is 0 Å². The lowest BCUT2D eigenvalue weighted by Crippen LogP contribution is -2.27. The summed E-state index contributed by atoms with van der Waals surface area (Å²) >= 11 is 9.80. The van der Waals surface area contributed by atoms with E-state index < -0.39 is 0 Å². The van der Waals surface area contributed by atoms with Gasteiger partial charge in [0.1, 0.15) is 11.5 Å². The van der Waals surface area contributed by atoms with E-state index in [9.17, 15) is 9.59 Å². The van der Waals surface area contributed by atoms with Crippen LogP contribution in [0.1, 0.15) is 19.5 Å². The number of aromatic nitrogens is 2. The highest BCUT2D eigenvalue weighted by molar-refractivity contribution is 9.10. The van der Waals surface area contributed by atoms with E-state index in [4.69, 9.17) is 11.6 Å². The molecule has 1 N–H and O–H groups in total. The molecule has 3 rings (SSSR count). The van der Waals surface area contributed by atoms with Gasteiger partial charge in [0.2, 0.25) is 11.3 Å². The Balaban J connectivity index is 2.37. The molecule has 7 heteroatoms. The molecule has 0 saturated carbocycles. The Hall–Kier alpha value is -2.44. The Morgan fingerprint density at radius 1 is 1.14 bits per heavy atom. The number of rotatable bonds is 4. The van der Waals surface area contributed by atoms with Gasteiger partial charge >= 0.3 is 0 Å². The van der Waals surface area contributed by atoms with Crippen molar-refractivity contribution in [1.82, 2.24) is 9.78 Å². The number of aryl methyl sites for hydroxylation is 1. The Kier molecular flexibility index (Phi) is 6.01. The van der Waals surface area contributed by atoms with E-state index in [0.717, 1.165) is 4.47 Å². The summed E-state index contributed by atoms with van der Waals surface area (Å²) in [6.07, 6.45) is 0. The van der Waals surface area contributed by atoms with Gasteiger partial charge in [0.15, 0.2) is 0 Å². The van der Waals surface area contributed by atoms with E-state index in [2.05, 4.69) is 26.3 Å². The van der Waals surface area contributed by atoms with Crippen molar-refractivity contribution in [3.63, 3.8) is 0 Å². The third-order valence-corrected chi connectivity index (χ3v) is 5.09. The zero-order valence-corrected chi connectivity index (χ0v) is 18.0. The van der Waals surface area contributed by atoms with Crippen LogP contribution in [0.15, 0.2) is 57.8 Å². The molecule has 28 heavy (non-hydrogen) atoms. The molecule has 2 aromatic carbocycles. The monoisotopic (exact) mass is 459 g/mol. The number of anilines is 1. The number of halogens is 2. The minimum atomic E-state index is -0.277. The van der Waals surface area contributed by atoms with E-state index in [-0.39, 0.29) is 17.3 Å². The Labute approximate surface area is 176 Å². The van der Waals surface area contributed by atoms with Gasteiger partial charge in [-0.25, -0.2) is 4.68 Å². The lowest BCUT2D eigenvalue weighted by atomic mass is 10.0. The zero-order chi connectivity index (χ0) is 20.4. The number of nitrogens with one attached hydrogen (secondary N) is 1. The zero-order valence-electron chi connectivity index (χ0n) is 15.7. The summed E-state index contributed by atoms with van der Waals surface area (Å²) in [5.41, 5.74) is 1.60. The first-order valence-corrected chi connectivity index (χ1v) is 9.92. The van der Waals surface area contributed by atoms with Crippen LogP contribution in [0.5, 0.6) is 0 Å². The van der Waals surface area contributed by atoms with Crippen LogP contribution in [-0.2, 0) is 4.79 Å². The summed E-state index contributed by atoms with van der Waals surface area (Å²) in [6, 6.07) is 14.5. The van der Waals surface area contributed by atoms with Crippen LogP contribution in [0.4, 0.5) is 5.82 Å². The quantitative estimate of drug-likeness (QED) is 0.581. The first-order valence-electron chi connectivity index (χ1n) is 8.75. The normalized spacial score (nSPS) is 10.9. The SMILES string of the molecule is Cc1nn(-c2ccc(Br)cc2)c(NC(=O)C(C)C)c(-c2ccccc2Cl)c1=O. The van der Waals surface area contributed by atoms with Crippen LogP contribution >= 0.6 is 27.5 Å². The summed E-state index contributed by atoms with van der Waals surface area (Å²) in [4.78, 5) is 25.6. The smallest absolute Gasteiger partial charge is 0.228 e. The summed E-state index contributed by atoms with van der Waals surface area (Å²) < 4.78 is 2.48. The van der Waals surface area contributed by atoms with Crippen molar-refractivity contribution in [3.8, 4) is 16.8 Å². The second-order valence-electron chi connectivity index (χ2n) is 6.65. The fourth-order valence-corrected chi connectivity index (χ4v) is 3.19. The standard InChI is InChI=1S/C21H19BrClN3O2/c1-12(2)21(28)24-20-18(16-6-4-5-7-17(16)23)19(27)13(3)25-26(20)15-10-8-14(22)9-11-15/h4-12H,1-3H3,(H,24,28). The third kappa shape index (κ3) is 4.03. The van der Waals surface area contributed by atoms with Crippen LogP contribution in [0.3, 0.4) is 0 Å². The van der Waals surface area contributed by atoms with Crippen molar-refractivity contribution in [2.24, 2.45) is 5.92 Å². The van der Waals surface area contributed by atoms with Gasteiger partial charge in [-0.15, -0.1) is 0 Å². The van der Waals surface area contributed by atoms with Crippen molar-refractivity contribution in [3.05, 3.63) is 73.9 Å². The van der Waals surface area contributed by atoms with Crippen LogP contribution in [0.2, 0.25) is 5.02 Å². The molecule has 0 unspecified atom stereocenters. The Morgan fingerprint density at radius 2 is 1.79 bits per heavy atom. The molecule has 0 bridgehead atoms. The van der Waals surface area contributed by atoms with E-state index in [0.29, 0.717) is 33.3 Å². The minimum absolute atomic E-state index is 0.218. The summed E-state index contributed by atoms with van der Waals surface area (Å²) in [6.45, 7) is 5.22. The molecule has 0 aliphatic rings. The second-order valence-corrected chi connectivity index (χ2v) is 7.97. The van der Waals surface area contributed by atoms with Crippen molar-refractivity contribution in [2.45, 2.75) is 20.8 Å². The van der Waals surface area contributed by atoms with Gasteiger partial charge in [0.05, 0.1) is 11.3 Å². The van der Waals surface area contributed by atoms with Crippen molar-refractivity contribution < 1.29 is 4.79 Å². The minimum Gasteiger partial charge on any atom is -0.310 e. The lowest BCUT2D eigenvalue weighted by Gasteiger charge is -2.19. The lowest BCUT2D eigenvalue weighted by molar-refractivity contribution is -0.118. The van der Waals surface area contributed by atoms with Gasteiger partial charge in [0.25, 0.3) is 0 Å². The van der Waals surface area contributed by atoms with Gasteiger partial charge in [-0.05, 0) is 37.3 Å². The molecular formula is C21H19BrClN3O2. The molecular weight excluding hydrogens is 442 g/mol. The molecule has 1 heterocycles. The average Bonchev–Trinajstić information content (AvgIpc) is 2.66. The predicted octanol–water partition coefficient (Wildman–Crippen LogP) is 5.22. The topological polar surface area (TPSA) is 64.0 Å². The molecule has 0 aliphatic carbocycles. The fourth-order valence-electron chi connectivity index (χ4n) is 2.70. The van der Waals surface area contributed by atoms with Crippen LogP contribution < -0.4 is 10.7 Å². The van der Waals surface area contributed by atoms with Gasteiger partial charge in [-0.3, -0.25) is 9.59 Å². The van der Waals surface area contributed by atoms with Gasteiger partial charge < -0.3 is 5.32 Å². The second kappa shape index (κ2) is 8.29. The molecule has 3 aromatic rings. The van der Waals surface area contributed by atoms with Gasteiger partial charge in [-0.2, -0.15) is 5.10 Å². The van der Waals surface area contributed by atoms with Gasteiger partial charge in [-0.1, -0.05) is 59.6 Å². The van der Waals surface area contributed by atoms with Gasteiger partial charge in [0, 0.05) is 21.0 Å². The molecule has 0 spiro atoms. The highest BCUT2D eigenvalue weighted by atomic mass is 79.9. The largest absolute Gasteiger partial charge is 0.310 e. The number of carbonyl (C=O) groups excluding carboxylic acids is 1. The maximum atomic E-state index is 13.0. The molecule has 0 atom stereocenters. The summed E-state index contributed by atoms with van der Waals surface area (Å²) in [5, 5.41) is 7.73. The molecule has 1 aromatic heterocycles. The summed E-state index contributed by atoms with van der Waals surface area (Å²) in [7, 11) is 0. The Bertz CT molecular complexity index is 1090. The number of carbonyl (C=O) groups is 1. The average molecular weight is 461 g/mol. The van der Waals surface area contributed by atoms with E-state index >= 15 is 0 Å². The third-order valence-electron chi connectivity index (χ3n) is 4.23. The highest BCUT2D eigenvalue weighted by Crippen LogP contribution is 2.32.